The zero-order valence-corrected chi connectivity index (χ0v) is 24.4. The number of imide groups is 2. The van der Waals surface area contributed by atoms with Crippen LogP contribution < -0.4 is 9.80 Å². The molecule has 0 spiro atoms. The smallest absolute Gasteiger partial charge is 0.271 e. The van der Waals surface area contributed by atoms with Gasteiger partial charge in [-0.05, 0) is 49.1 Å². The highest BCUT2D eigenvalue weighted by Gasteiger charge is 2.62. The molecule has 0 bridgehead atoms. The molecule has 6 atom stereocenters. The van der Waals surface area contributed by atoms with Gasteiger partial charge in [0.05, 0.1) is 44.9 Å². The fraction of sp³-hybridized carbons (Fsp3) is 0.250. The number of anilines is 2. The molecule has 232 valence electrons. The van der Waals surface area contributed by atoms with Crippen molar-refractivity contribution in [2.24, 2.45) is 29.6 Å². The van der Waals surface area contributed by atoms with Crippen LogP contribution in [0.3, 0.4) is 0 Å². The van der Waals surface area contributed by atoms with E-state index in [-0.39, 0.29) is 51.9 Å². The highest BCUT2D eigenvalue weighted by molar-refractivity contribution is 6.30. The standard InChI is InChI=1S/C32H23ClN4O9/c33-15-7-10-25(38)23(11-15)26-20-8-9-21-27(31(41)34(29(21)39)16-3-1-5-18(12-16)36(43)44)22(20)14-24-28(26)32(42)35(30(24)40)17-4-2-6-19(13-17)37(45)46/h1-8,10-13,21-22,24,26-28,38H,9,14H2. The molecule has 1 saturated carbocycles. The summed E-state index contributed by atoms with van der Waals surface area (Å²) in [5.41, 5.74) is 0.344. The maximum atomic E-state index is 14.2. The minimum atomic E-state index is -1.03. The molecule has 4 amide bonds. The maximum absolute atomic E-state index is 14.2. The topological polar surface area (TPSA) is 181 Å². The molecule has 1 N–H and O–H groups in total. The number of phenols is 1. The number of hydrogen-bond donors (Lipinski definition) is 1. The van der Waals surface area contributed by atoms with E-state index >= 15 is 0 Å². The zero-order chi connectivity index (χ0) is 32.6. The quantitative estimate of drug-likeness (QED) is 0.175. The number of fused-ring (bicyclic) bond motifs is 4. The molecule has 2 heterocycles. The van der Waals surface area contributed by atoms with Crippen LogP contribution in [0, 0.1) is 49.8 Å². The van der Waals surface area contributed by atoms with E-state index in [9.17, 15) is 44.5 Å². The van der Waals surface area contributed by atoms with Crippen molar-refractivity contribution >= 4 is 58.0 Å². The van der Waals surface area contributed by atoms with Crippen LogP contribution in [0.25, 0.3) is 0 Å². The summed E-state index contributed by atoms with van der Waals surface area (Å²) in [7, 11) is 0. The molecular weight excluding hydrogens is 620 g/mol. The molecule has 3 fully saturated rings. The molecule has 3 aromatic carbocycles. The lowest BCUT2D eigenvalue weighted by atomic mass is 9.57. The van der Waals surface area contributed by atoms with Gasteiger partial charge >= 0.3 is 0 Å². The van der Waals surface area contributed by atoms with Crippen LogP contribution in [0.4, 0.5) is 22.7 Å². The third kappa shape index (κ3) is 4.30. The molecule has 0 aromatic heterocycles. The molecule has 13 nitrogen and oxygen atoms in total. The number of halogens is 1. The summed E-state index contributed by atoms with van der Waals surface area (Å²) in [4.78, 5) is 79.5. The monoisotopic (exact) mass is 642 g/mol. The summed E-state index contributed by atoms with van der Waals surface area (Å²) >= 11 is 6.33. The van der Waals surface area contributed by atoms with Gasteiger partial charge in [0, 0.05) is 40.8 Å². The van der Waals surface area contributed by atoms with Crippen molar-refractivity contribution in [3.05, 3.63) is 109 Å². The van der Waals surface area contributed by atoms with E-state index in [0.717, 1.165) is 21.9 Å². The largest absolute Gasteiger partial charge is 0.508 e. The number of hydrogen-bond acceptors (Lipinski definition) is 9. The van der Waals surface area contributed by atoms with E-state index < -0.39 is 69.0 Å². The van der Waals surface area contributed by atoms with Gasteiger partial charge in [0.2, 0.25) is 23.6 Å². The van der Waals surface area contributed by atoms with Gasteiger partial charge < -0.3 is 5.11 Å². The first kappa shape index (κ1) is 29.3. The number of aromatic hydroxyl groups is 1. The first-order chi connectivity index (χ1) is 22.0. The number of nitrogens with zero attached hydrogens (tertiary/aromatic N) is 4. The van der Waals surface area contributed by atoms with E-state index in [1.165, 1.54) is 54.6 Å². The second kappa shape index (κ2) is 10.6. The molecule has 2 saturated heterocycles. The van der Waals surface area contributed by atoms with E-state index in [1.54, 1.807) is 6.08 Å². The SMILES string of the molecule is O=C1C2CC=C3C(CC4C(=O)N(c5cccc([N+](=O)[O-])c5)C(=O)C4C3c3cc(Cl)ccc3O)C2C(=O)N1c1cccc([N+](=O)[O-])c1. The third-order valence-corrected chi connectivity index (χ3v) is 9.81. The maximum Gasteiger partial charge on any atom is 0.271 e. The lowest BCUT2D eigenvalue weighted by molar-refractivity contribution is -0.385. The van der Waals surface area contributed by atoms with Crippen LogP contribution in [-0.2, 0) is 19.2 Å². The number of nitro benzene ring substituents is 2. The van der Waals surface area contributed by atoms with E-state index in [4.69, 9.17) is 11.6 Å². The molecule has 6 unspecified atom stereocenters. The number of carbonyl (C=O) groups is 4. The van der Waals surface area contributed by atoms with Crippen LogP contribution in [0.2, 0.25) is 5.02 Å². The van der Waals surface area contributed by atoms with Crippen LogP contribution in [0.1, 0.15) is 24.3 Å². The fourth-order valence-electron chi connectivity index (χ4n) is 7.71. The highest BCUT2D eigenvalue weighted by Crippen LogP contribution is 2.59. The Morgan fingerprint density at radius 2 is 1.28 bits per heavy atom. The highest BCUT2D eigenvalue weighted by atomic mass is 35.5. The van der Waals surface area contributed by atoms with Crippen molar-refractivity contribution in [1.29, 1.82) is 0 Å². The van der Waals surface area contributed by atoms with Gasteiger partial charge in [-0.15, -0.1) is 0 Å². The summed E-state index contributed by atoms with van der Waals surface area (Å²) in [5.74, 6) is -7.91. The summed E-state index contributed by atoms with van der Waals surface area (Å²) in [6.07, 6.45) is 1.93. The van der Waals surface area contributed by atoms with Crippen LogP contribution in [0.15, 0.2) is 78.4 Å². The lowest BCUT2D eigenvalue weighted by Crippen LogP contribution is -2.43. The molecule has 7 rings (SSSR count). The normalized spacial score (nSPS) is 26.8. The van der Waals surface area contributed by atoms with Crippen molar-refractivity contribution < 1.29 is 34.1 Å². The molecule has 14 heteroatoms. The molecule has 0 radical (unpaired) electrons. The lowest BCUT2D eigenvalue weighted by Gasteiger charge is -2.44. The number of amides is 4. The minimum Gasteiger partial charge on any atom is -0.508 e. The Hall–Kier alpha value is -5.43. The fourth-order valence-corrected chi connectivity index (χ4v) is 7.89. The average molecular weight is 643 g/mol. The Morgan fingerprint density at radius 1 is 0.717 bits per heavy atom. The van der Waals surface area contributed by atoms with Gasteiger partial charge in [-0.25, -0.2) is 9.80 Å². The Kier molecular flexibility index (Phi) is 6.74. The molecule has 3 aromatic rings. The first-order valence-corrected chi connectivity index (χ1v) is 14.8. The summed E-state index contributed by atoms with van der Waals surface area (Å²) in [6.45, 7) is 0. The van der Waals surface area contributed by atoms with Crippen molar-refractivity contribution in [2.75, 3.05) is 9.80 Å². The predicted octanol–water partition coefficient (Wildman–Crippen LogP) is 4.91. The van der Waals surface area contributed by atoms with Crippen LogP contribution in [-0.4, -0.2) is 38.6 Å². The van der Waals surface area contributed by atoms with E-state index in [0.29, 0.717) is 5.57 Å². The molecule has 46 heavy (non-hydrogen) atoms. The van der Waals surface area contributed by atoms with E-state index in [2.05, 4.69) is 0 Å². The number of non-ortho nitro benzene ring substituents is 2. The predicted molar refractivity (Wildman–Crippen MR) is 162 cm³/mol. The van der Waals surface area contributed by atoms with Crippen molar-refractivity contribution in [3.63, 3.8) is 0 Å². The van der Waals surface area contributed by atoms with Crippen molar-refractivity contribution in [3.8, 4) is 5.75 Å². The van der Waals surface area contributed by atoms with Gasteiger partial charge in [0.1, 0.15) is 5.75 Å². The summed E-state index contributed by atoms with van der Waals surface area (Å²) < 4.78 is 0. The second-order valence-electron chi connectivity index (χ2n) is 11.8. The summed E-state index contributed by atoms with van der Waals surface area (Å²) in [5, 5.41) is 34.2. The number of rotatable bonds is 5. The second-order valence-corrected chi connectivity index (χ2v) is 12.2. The van der Waals surface area contributed by atoms with Gasteiger partial charge in [-0.3, -0.25) is 39.4 Å². The third-order valence-electron chi connectivity index (χ3n) is 9.57. The van der Waals surface area contributed by atoms with Gasteiger partial charge in [-0.2, -0.15) is 0 Å². The first-order valence-electron chi connectivity index (χ1n) is 14.4. The van der Waals surface area contributed by atoms with Gasteiger partial charge in [0.15, 0.2) is 0 Å². The molecule has 2 aliphatic carbocycles. The number of benzene rings is 3. The number of carbonyl (C=O) groups excluding carboxylic acids is 4. The molecular formula is C32H23ClN4O9. The summed E-state index contributed by atoms with van der Waals surface area (Å²) in [6, 6.07) is 14.7. The van der Waals surface area contributed by atoms with Crippen LogP contribution in [0.5, 0.6) is 5.75 Å². The van der Waals surface area contributed by atoms with Crippen molar-refractivity contribution in [1.82, 2.24) is 0 Å². The molecule has 2 aliphatic heterocycles. The van der Waals surface area contributed by atoms with Gasteiger partial charge in [-0.1, -0.05) is 35.4 Å². The van der Waals surface area contributed by atoms with Crippen LogP contribution >= 0.6 is 11.6 Å². The van der Waals surface area contributed by atoms with Crippen molar-refractivity contribution in [2.45, 2.75) is 18.8 Å². The van der Waals surface area contributed by atoms with Gasteiger partial charge in [0.25, 0.3) is 11.4 Å². The Labute approximate surface area is 265 Å². The number of nitro groups is 2. The average Bonchev–Trinajstić information content (AvgIpc) is 3.44. The Morgan fingerprint density at radius 3 is 1.87 bits per heavy atom. The Balaban J connectivity index is 1.34. The Bertz CT molecular complexity index is 1940. The number of phenolic OH excluding ortho intramolecular Hbond substituents is 1. The minimum absolute atomic E-state index is 0.0199. The number of allylic oxidation sites excluding steroid dienone is 2. The molecule has 4 aliphatic rings. The van der Waals surface area contributed by atoms with E-state index in [1.807, 2.05) is 0 Å². The zero-order valence-electron chi connectivity index (χ0n) is 23.7.